The lowest BCUT2D eigenvalue weighted by Crippen LogP contribution is -2.38. The van der Waals surface area contributed by atoms with Gasteiger partial charge in [0.25, 0.3) is 0 Å². The number of aryl methyl sites for hydroxylation is 1. The van der Waals surface area contributed by atoms with Gasteiger partial charge in [0.2, 0.25) is 5.91 Å². The molecule has 2 aliphatic rings. The summed E-state index contributed by atoms with van der Waals surface area (Å²) in [6, 6.07) is 8.56. The number of benzene rings is 1. The van der Waals surface area contributed by atoms with Gasteiger partial charge in [-0.25, -0.2) is 0 Å². The Balaban J connectivity index is 1.70. The Morgan fingerprint density at radius 1 is 1.50 bits per heavy atom. The number of hydrogen-bond acceptors (Lipinski definition) is 3. The van der Waals surface area contributed by atoms with Crippen LogP contribution < -0.4 is 0 Å². The van der Waals surface area contributed by atoms with Crippen LogP contribution in [0, 0.1) is 5.92 Å². The van der Waals surface area contributed by atoms with E-state index < -0.39 is 6.10 Å². The normalized spacial score (nSPS) is 27.3. The molecule has 1 amide bonds. The van der Waals surface area contributed by atoms with Crippen molar-refractivity contribution in [1.29, 1.82) is 0 Å². The van der Waals surface area contributed by atoms with Gasteiger partial charge in [0.15, 0.2) is 0 Å². The second kappa shape index (κ2) is 6.01. The zero-order valence-corrected chi connectivity index (χ0v) is 13.4. The van der Waals surface area contributed by atoms with Gasteiger partial charge in [-0.1, -0.05) is 24.3 Å². The molecule has 4 heteroatoms. The molecule has 0 heterocycles. The van der Waals surface area contributed by atoms with Crippen LogP contribution in [0.25, 0.3) is 0 Å². The summed E-state index contributed by atoms with van der Waals surface area (Å²) in [5, 5.41) is 9.81. The van der Waals surface area contributed by atoms with E-state index in [1.54, 1.807) is 19.1 Å². The molecule has 0 bridgehead atoms. The van der Waals surface area contributed by atoms with E-state index in [9.17, 15) is 9.90 Å². The largest absolute Gasteiger partial charge is 0.389 e. The first kappa shape index (κ1) is 15.5. The van der Waals surface area contributed by atoms with Crippen LogP contribution in [0.15, 0.2) is 24.3 Å². The topological polar surface area (TPSA) is 49.8 Å². The van der Waals surface area contributed by atoms with Gasteiger partial charge >= 0.3 is 0 Å². The highest BCUT2D eigenvalue weighted by Crippen LogP contribution is 2.60. The Kier molecular flexibility index (Phi) is 4.24. The van der Waals surface area contributed by atoms with Crippen molar-refractivity contribution in [3.05, 3.63) is 35.4 Å². The van der Waals surface area contributed by atoms with Crippen LogP contribution in [0.1, 0.15) is 30.4 Å². The first-order valence-corrected chi connectivity index (χ1v) is 8.09. The van der Waals surface area contributed by atoms with Crippen molar-refractivity contribution >= 4 is 5.91 Å². The van der Waals surface area contributed by atoms with E-state index in [0.29, 0.717) is 6.54 Å². The van der Waals surface area contributed by atoms with Crippen molar-refractivity contribution in [1.82, 2.24) is 4.90 Å². The van der Waals surface area contributed by atoms with Gasteiger partial charge in [-0.05, 0) is 36.8 Å². The van der Waals surface area contributed by atoms with Crippen LogP contribution >= 0.6 is 0 Å². The minimum absolute atomic E-state index is 0.0619. The second-order valence-corrected chi connectivity index (χ2v) is 6.75. The van der Waals surface area contributed by atoms with Crippen molar-refractivity contribution in [3.8, 4) is 0 Å². The standard InChI is InChI=1S/C18H25NO3/c1-19(11-14(20)12-22-2)17(21)16-10-18(16)9-5-7-13-6-3-4-8-15(13)18/h3-4,6,8,14,16,20H,5,7,9-12H2,1-2H3/t14-,16+,18+/m1/s1. The summed E-state index contributed by atoms with van der Waals surface area (Å²) >= 11 is 0. The lowest BCUT2D eigenvalue weighted by atomic mass is 9.78. The molecule has 1 aromatic carbocycles. The lowest BCUT2D eigenvalue weighted by molar-refractivity contribution is -0.133. The number of ether oxygens (including phenoxy) is 1. The summed E-state index contributed by atoms with van der Waals surface area (Å²) in [5.41, 5.74) is 2.85. The average Bonchev–Trinajstić information content (AvgIpc) is 3.22. The molecule has 3 rings (SSSR count). The van der Waals surface area contributed by atoms with Crippen molar-refractivity contribution in [3.63, 3.8) is 0 Å². The maximum atomic E-state index is 12.7. The van der Waals surface area contributed by atoms with E-state index in [-0.39, 0.29) is 23.8 Å². The van der Waals surface area contributed by atoms with Gasteiger partial charge < -0.3 is 14.7 Å². The van der Waals surface area contributed by atoms with Gasteiger partial charge in [0.1, 0.15) is 0 Å². The number of carbonyl (C=O) groups excluding carboxylic acids is 1. The smallest absolute Gasteiger partial charge is 0.226 e. The number of amides is 1. The van der Waals surface area contributed by atoms with E-state index >= 15 is 0 Å². The van der Waals surface area contributed by atoms with Crippen LogP contribution in [0.2, 0.25) is 0 Å². The summed E-state index contributed by atoms with van der Waals surface area (Å²) < 4.78 is 4.93. The van der Waals surface area contributed by atoms with E-state index in [1.807, 2.05) is 0 Å². The van der Waals surface area contributed by atoms with Gasteiger partial charge in [-0.15, -0.1) is 0 Å². The molecule has 1 spiro atoms. The monoisotopic (exact) mass is 303 g/mol. The number of methoxy groups -OCH3 is 1. The van der Waals surface area contributed by atoms with E-state index in [0.717, 1.165) is 25.7 Å². The molecule has 0 saturated heterocycles. The van der Waals surface area contributed by atoms with Crippen LogP contribution in [0.4, 0.5) is 0 Å². The molecule has 120 valence electrons. The van der Waals surface area contributed by atoms with E-state index in [4.69, 9.17) is 4.74 Å². The summed E-state index contributed by atoms with van der Waals surface area (Å²) in [7, 11) is 3.34. The summed E-state index contributed by atoms with van der Waals surface area (Å²) in [4.78, 5) is 14.4. The molecule has 0 aliphatic heterocycles. The SMILES string of the molecule is COC[C@H](O)CN(C)C(=O)[C@@H]1C[C@]12CCCc1ccccc12. The number of hydrogen-bond donors (Lipinski definition) is 1. The van der Waals surface area contributed by atoms with Crippen molar-refractivity contribution in [2.45, 2.75) is 37.2 Å². The molecular formula is C18H25NO3. The maximum Gasteiger partial charge on any atom is 0.226 e. The Morgan fingerprint density at radius 2 is 2.27 bits per heavy atom. The fourth-order valence-electron chi connectivity index (χ4n) is 4.07. The molecule has 1 aromatic rings. The molecule has 1 fully saturated rings. The third kappa shape index (κ3) is 2.66. The predicted molar refractivity (Wildman–Crippen MR) is 84.7 cm³/mol. The summed E-state index contributed by atoms with van der Waals surface area (Å²) in [6.07, 6.45) is 3.73. The Morgan fingerprint density at radius 3 is 3.05 bits per heavy atom. The minimum Gasteiger partial charge on any atom is -0.389 e. The van der Waals surface area contributed by atoms with Gasteiger partial charge in [0, 0.05) is 32.0 Å². The summed E-state index contributed by atoms with van der Waals surface area (Å²) in [5.74, 6) is 0.237. The molecule has 22 heavy (non-hydrogen) atoms. The zero-order chi connectivity index (χ0) is 15.7. The number of aliphatic hydroxyl groups is 1. The highest BCUT2D eigenvalue weighted by Gasteiger charge is 2.60. The number of likely N-dealkylation sites (N-methyl/N-ethyl adjacent to an activating group) is 1. The third-order valence-electron chi connectivity index (χ3n) is 5.22. The molecular weight excluding hydrogens is 278 g/mol. The Labute approximate surface area is 132 Å². The number of fused-ring (bicyclic) bond motifs is 2. The molecule has 0 unspecified atom stereocenters. The molecule has 0 radical (unpaired) electrons. The molecule has 3 atom stereocenters. The van der Waals surface area contributed by atoms with Gasteiger partial charge in [-0.2, -0.15) is 0 Å². The number of nitrogens with zero attached hydrogens (tertiary/aromatic N) is 1. The first-order valence-electron chi connectivity index (χ1n) is 8.09. The zero-order valence-electron chi connectivity index (χ0n) is 13.4. The third-order valence-corrected chi connectivity index (χ3v) is 5.22. The highest BCUT2D eigenvalue weighted by atomic mass is 16.5. The molecule has 0 aromatic heterocycles. The highest BCUT2D eigenvalue weighted by molar-refractivity contribution is 5.84. The maximum absolute atomic E-state index is 12.7. The van der Waals surface area contributed by atoms with Gasteiger partial charge in [0.05, 0.1) is 12.7 Å². The number of rotatable bonds is 5. The van der Waals surface area contributed by atoms with Crippen LogP contribution in [-0.4, -0.2) is 49.3 Å². The quantitative estimate of drug-likeness (QED) is 0.901. The fourth-order valence-corrected chi connectivity index (χ4v) is 4.07. The molecule has 2 aliphatic carbocycles. The van der Waals surface area contributed by atoms with Crippen LogP contribution in [-0.2, 0) is 21.4 Å². The van der Waals surface area contributed by atoms with Crippen molar-refractivity contribution in [2.24, 2.45) is 5.92 Å². The second-order valence-electron chi connectivity index (χ2n) is 6.75. The molecule has 1 saturated carbocycles. The van der Waals surface area contributed by atoms with Crippen LogP contribution in [0.5, 0.6) is 0 Å². The number of carbonyl (C=O) groups is 1. The Hall–Kier alpha value is -1.39. The fraction of sp³-hybridized carbons (Fsp3) is 0.611. The predicted octanol–water partition coefficient (Wildman–Crippen LogP) is 1.75. The average molecular weight is 303 g/mol. The van der Waals surface area contributed by atoms with Crippen molar-refractivity contribution < 1.29 is 14.6 Å². The Bertz CT molecular complexity index is 559. The molecule has 4 nitrogen and oxygen atoms in total. The van der Waals surface area contributed by atoms with Crippen molar-refractivity contribution in [2.75, 3.05) is 27.3 Å². The van der Waals surface area contributed by atoms with Crippen LogP contribution in [0.3, 0.4) is 0 Å². The summed E-state index contributed by atoms with van der Waals surface area (Å²) in [6.45, 7) is 0.594. The first-order chi connectivity index (χ1) is 10.6. The lowest BCUT2D eigenvalue weighted by Gasteiger charge is -2.28. The van der Waals surface area contributed by atoms with E-state index in [2.05, 4.69) is 24.3 Å². The number of aliphatic hydroxyl groups excluding tert-OH is 1. The van der Waals surface area contributed by atoms with E-state index in [1.165, 1.54) is 11.1 Å². The molecule has 1 N–H and O–H groups in total. The minimum atomic E-state index is -0.618. The van der Waals surface area contributed by atoms with Gasteiger partial charge in [-0.3, -0.25) is 4.79 Å².